The molecular formula is C14H14BrClN2O2S. The van der Waals surface area contributed by atoms with Crippen molar-refractivity contribution >= 4 is 48.9 Å². The van der Waals surface area contributed by atoms with E-state index in [1.165, 1.54) is 0 Å². The molecule has 2 aromatic carbocycles. The summed E-state index contributed by atoms with van der Waals surface area (Å²) in [6.45, 7) is 3.48. The first kappa shape index (κ1) is 16.1. The molecule has 0 aliphatic heterocycles. The Morgan fingerprint density at radius 3 is 2.48 bits per heavy atom. The van der Waals surface area contributed by atoms with E-state index in [9.17, 15) is 8.42 Å². The highest BCUT2D eigenvalue weighted by Crippen LogP contribution is 2.30. The second-order valence-corrected chi connectivity index (χ2v) is 7.65. The lowest BCUT2D eigenvalue weighted by Gasteiger charge is -2.14. The van der Waals surface area contributed by atoms with Gasteiger partial charge in [0, 0.05) is 15.2 Å². The number of anilines is 2. The predicted molar refractivity (Wildman–Crippen MR) is 90.3 cm³/mol. The molecule has 7 heteroatoms. The second kappa shape index (κ2) is 5.87. The quantitative estimate of drug-likeness (QED) is 0.776. The van der Waals surface area contributed by atoms with Crippen molar-refractivity contribution in [3.8, 4) is 0 Å². The minimum absolute atomic E-state index is 0.168. The first-order valence-electron chi connectivity index (χ1n) is 6.05. The Labute approximate surface area is 137 Å². The molecule has 0 saturated carbocycles. The Bertz CT molecular complexity index is 807. The molecule has 0 radical (unpaired) electrons. The van der Waals surface area contributed by atoms with E-state index in [-0.39, 0.29) is 4.90 Å². The molecule has 0 saturated heterocycles. The fraction of sp³-hybridized carbons (Fsp3) is 0.143. The maximum Gasteiger partial charge on any atom is 0.262 e. The van der Waals surface area contributed by atoms with Crippen molar-refractivity contribution in [3.05, 3.63) is 51.0 Å². The van der Waals surface area contributed by atoms with Crippen LogP contribution in [0.5, 0.6) is 0 Å². The Morgan fingerprint density at radius 2 is 1.86 bits per heavy atom. The van der Waals surface area contributed by atoms with E-state index in [1.54, 1.807) is 44.2 Å². The largest absolute Gasteiger partial charge is 0.398 e. The van der Waals surface area contributed by atoms with E-state index in [2.05, 4.69) is 20.7 Å². The van der Waals surface area contributed by atoms with Crippen LogP contribution in [0.1, 0.15) is 11.1 Å². The summed E-state index contributed by atoms with van der Waals surface area (Å²) < 4.78 is 28.2. The van der Waals surface area contributed by atoms with Crippen molar-refractivity contribution in [1.82, 2.24) is 0 Å². The molecule has 0 atom stereocenters. The molecule has 2 rings (SSSR count). The van der Waals surface area contributed by atoms with Gasteiger partial charge in [-0.25, -0.2) is 8.42 Å². The summed E-state index contributed by atoms with van der Waals surface area (Å²) in [4.78, 5) is 0.168. The zero-order valence-corrected chi connectivity index (χ0v) is 14.6. The standard InChI is InChI=1S/C14H14BrClN2O2S/c1-8-5-12(17)9(2)14(6-8)21(19,20)18-13-4-3-10(16)7-11(13)15/h3-7,18H,17H2,1-2H3. The van der Waals surface area contributed by atoms with Crippen LogP contribution in [0.25, 0.3) is 0 Å². The summed E-state index contributed by atoms with van der Waals surface area (Å²) in [7, 11) is -3.73. The summed E-state index contributed by atoms with van der Waals surface area (Å²) in [6, 6.07) is 8.17. The number of hydrogen-bond donors (Lipinski definition) is 2. The Hall–Kier alpha value is -1.24. The van der Waals surface area contributed by atoms with Gasteiger partial charge >= 0.3 is 0 Å². The molecule has 112 valence electrons. The van der Waals surface area contributed by atoms with E-state index < -0.39 is 10.0 Å². The Morgan fingerprint density at radius 1 is 1.19 bits per heavy atom. The molecule has 0 aliphatic rings. The van der Waals surface area contributed by atoms with Crippen LogP contribution in [0.15, 0.2) is 39.7 Å². The van der Waals surface area contributed by atoms with Gasteiger partial charge in [-0.3, -0.25) is 4.72 Å². The normalized spacial score (nSPS) is 11.4. The molecule has 0 fully saturated rings. The molecule has 0 bridgehead atoms. The highest BCUT2D eigenvalue weighted by molar-refractivity contribution is 9.10. The molecule has 0 unspecified atom stereocenters. The van der Waals surface area contributed by atoms with E-state index in [0.29, 0.717) is 26.4 Å². The smallest absolute Gasteiger partial charge is 0.262 e. The van der Waals surface area contributed by atoms with Crippen LogP contribution in [-0.4, -0.2) is 8.42 Å². The monoisotopic (exact) mass is 388 g/mol. The summed E-state index contributed by atoms with van der Waals surface area (Å²) in [5.41, 5.74) is 8.02. The van der Waals surface area contributed by atoms with Crippen LogP contribution >= 0.6 is 27.5 Å². The first-order chi connectivity index (χ1) is 9.70. The molecule has 3 N–H and O–H groups in total. The van der Waals surface area contributed by atoms with Crippen molar-refractivity contribution < 1.29 is 8.42 Å². The van der Waals surface area contributed by atoms with Crippen LogP contribution in [0.2, 0.25) is 5.02 Å². The molecule has 0 aliphatic carbocycles. The molecule has 2 aromatic rings. The molecule has 4 nitrogen and oxygen atoms in total. The number of aryl methyl sites for hydroxylation is 1. The SMILES string of the molecule is Cc1cc(N)c(C)c(S(=O)(=O)Nc2ccc(Cl)cc2Br)c1. The predicted octanol–water partition coefficient (Wildman–Crippen LogP) is 4.10. The van der Waals surface area contributed by atoms with E-state index in [4.69, 9.17) is 17.3 Å². The van der Waals surface area contributed by atoms with Gasteiger partial charge in [0.25, 0.3) is 10.0 Å². The number of rotatable bonds is 3. The van der Waals surface area contributed by atoms with Gasteiger partial charge in [-0.2, -0.15) is 0 Å². The van der Waals surface area contributed by atoms with Gasteiger partial charge in [0.15, 0.2) is 0 Å². The maximum atomic E-state index is 12.5. The second-order valence-electron chi connectivity index (χ2n) is 4.71. The highest BCUT2D eigenvalue weighted by Gasteiger charge is 2.20. The van der Waals surface area contributed by atoms with Crippen molar-refractivity contribution in [1.29, 1.82) is 0 Å². The molecule has 0 spiro atoms. The fourth-order valence-electron chi connectivity index (χ4n) is 1.90. The van der Waals surface area contributed by atoms with Gasteiger partial charge in [0.2, 0.25) is 0 Å². The lowest BCUT2D eigenvalue weighted by atomic mass is 10.1. The maximum absolute atomic E-state index is 12.5. The Kier molecular flexibility index (Phi) is 4.51. The van der Waals surface area contributed by atoms with Gasteiger partial charge < -0.3 is 5.73 Å². The highest BCUT2D eigenvalue weighted by atomic mass is 79.9. The zero-order valence-electron chi connectivity index (χ0n) is 11.4. The zero-order chi connectivity index (χ0) is 15.8. The average molecular weight is 390 g/mol. The summed E-state index contributed by atoms with van der Waals surface area (Å²) in [5.74, 6) is 0. The van der Waals surface area contributed by atoms with Gasteiger partial charge in [-0.1, -0.05) is 11.6 Å². The Balaban J connectivity index is 2.48. The van der Waals surface area contributed by atoms with E-state index in [1.807, 2.05) is 0 Å². The third kappa shape index (κ3) is 3.51. The van der Waals surface area contributed by atoms with Crippen molar-refractivity contribution in [2.45, 2.75) is 18.7 Å². The number of nitrogens with one attached hydrogen (secondary N) is 1. The number of benzene rings is 2. The minimum Gasteiger partial charge on any atom is -0.398 e. The van der Waals surface area contributed by atoms with Crippen LogP contribution in [0.4, 0.5) is 11.4 Å². The summed E-state index contributed by atoms with van der Waals surface area (Å²) >= 11 is 9.13. The fourth-order valence-corrected chi connectivity index (χ4v) is 4.26. The van der Waals surface area contributed by atoms with Crippen molar-refractivity contribution in [2.24, 2.45) is 0 Å². The van der Waals surface area contributed by atoms with Gasteiger partial charge in [-0.15, -0.1) is 0 Å². The van der Waals surface area contributed by atoms with Crippen LogP contribution in [0, 0.1) is 13.8 Å². The van der Waals surface area contributed by atoms with Gasteiger partial charge in [-0.05, 0) is 71.2 Å². The topological polar surface area (TPSA) is 72.2 Å². The molecular weight excluding hydrogens is 376 g/mol. The van der Waals surface area contributed by atoms with E-state index >= 15 is 0 Å². The number of nitrogen functional groups attached to an aromatic ring is 1. The number of halogens is 2. The van der Waals surface area contributed by atoms with Crippen LogP contribution in [0.3, 0.4) is 0 Å². The molecule has 21 heavy (non-hydrogen) atoms. The summed E-state index contributed by atoms with van der Waals surface area (Å²) in [5, 5.41) is 0.515. The lowest BCUT2D eigenvalue weighted by Crippen LogP contribution is -2.15. The first-order valence-corrected chi connectivity index (χ1v) is 8.71. The number of hydrogen-bond acceptors (Lipinski definition) is 3. The van der Waals surface area contributed by atoms with Crippen molar-refractivity contribution in [3.63, 3.8) is 0 Å². The summed E-state index contributed by atoms with van der Waals surface area (Å²) in [6.07, 6.45) is 0. The van der Waals surface area contributed by atoms with Gasteiger partial charge in [0.05, 0.1) is 10.6 Å². The minimum atomic E-state index is -3.73. The van der Waals surface area contributed by atoms with Crippen LogP contribution in [-0.2, 0) is 10.0 Å². The van der Waals surface area contributed by atoms with Gasteiger partial charge in [0.1, 0.15) is 0 Å². The average Bonchev–Trinajstić information content (AvgIpc) is 2.37. The lowest BCUT2D eigenvalue weighted by molar-refractivity contribution is 0.600. The number of nitrogens with two attached hydrogens (primary N) is 1. The molecule has 0 amide bonds. The molecule has 0 aromatic heterocycles. The van der Waals surface area contributed by atoms with E-state index in [0.717, 1.165) is 5.56 Å². The number of sulfonamides is 1. The third-order valence-electron chi connectivity index (χ3n) is 3.01. The molecule has 0 heterocycles. The third-order valence-corrected chi connectivity index (χ3v) is 5.39. The van der Waals surface area contributed by atoms with Crippen molar-refractivity contribution in [2.75, 3.05) is 10.5 Å². The van der Waals surface area contributed by atoms with Crippen LogP contribution < -0.4 is 10.5 Å².